The third-order valence-electron chi connectivity index (χ3n) is 2.27. The van der Waals surface area contributed by atoms with Gasteiger partial charge in [-0.25, -0.2) is 9.89 Å². The topological polar surface area (TPSA) is 95.6 Å². The van der Waals surface area contributed by atoms with Crippen LogP contribution in [0.2, 0.25) is 0 Å². The Morgan fingerprint density at radius 1 is 1.40 bits per heavy atom. The van der Waals surface area contributed by atoms with Crippen molar-refractivity contribution in [3.63, 3.8) is 0 Å². The second kappa shape index (κ2) is 5.55. The van der Waals surface area contributed by atoms with E-state index in [1.165, 1.54) is 18.3 Å². The zero-order valence-electron chi connectivity index (χ0n) is 9.85. The molecule has 0 aliphatic carbocycles. The van der Waals surface area contributed by atoms with Gasteiger partial charge in [0.1, 0.15) is 6.33 Å². The normalized spacial score (nSPS) is 12.8. The van der Waals surface area contributed by atoms with Crippen LogP contribution in [0.1, 0.15) is 11.6 Å². The average molecular weight is 286 g/mol. The fraction of sp³-hybridized carbons (Fsp3) is 0.200. The summed E-state index contributed by atoms with van der Waals surface area (Å²) in [4.78, 5) is 18.7. The first-order valence-electron chi connectivity index (χ1n) is 5.36. The van der Waals surface area contributed by atoms with Gasteiger partial charge in [-0.1, -0.05) is 6.07 Å². The van der Waals surface area contributed by atoms with Gasteiger partial charge in [0.25, 0.3) is 0 Å². The fourth-order valence-corrected chi connectivity index (χ4v) is 1.44. The standard InChI is InChI=1S/C10H9F3N6O/c11-10(12,13)7(6-2-1-3-14-4-6)17-9(20)18-8-15-5-16-19-8/h1-5,7H,(H3,15,16,17,18,19,20)/t7-/m0/s1. The van der Waals surface area contributed by atoms with Gasteiger partial charge < -0.3 is 5.32 Å². The molecule has 3 N–H and O–H groups in total. The van der Waals surface area contributed by atoms with Crippen molar-refractivity contribution in [2.24, 2.45) is 0 Å². The number of alkyl halides is 3. The number of anilines is 1. The van der Waals surface area contributed by atoms with Gasteiger partial charge in [0.2, 0.25) is 5.95 Å². The van der Waals surface area contributed by atoms with Gasteiger partial charge in [-0.15, -0.1) is 0 Å². The summed E-state index contributed by atoms with van der Waals surface area (Å²) in [6.45, 7) is 0. The lowest BCUT2D eigenvalue weighted by atomic mass is 10.1. The third-order valence-corrected chi connectivity index (χ3v) is 2.27. The Morgan fingerprint density at radius 3 is 2.75 bits per heavy atom. The van der Waals surface area contributed by atoms with Gasteiger partial charge in [0.15, 0.2) is 6.04 Å². The van der Waals surface area contributed by atoms with Gasteiger partial charge >= 0.3 is 12.2 Å². The van der Waals surface area contributed by atoms with Crippen LogP contribution in [0.3, 0.4) is 0 Å². The van der Waals surface area contributed by atoms with E-state index in [2.05, 4.69) is 25.5 Å². The first kappa shape index (κ1) is 13.8. The van der Waals surface area contributed by atoms with Gasteiger partial charge in [-0.3, -0.25) is 10.3 Å². The summed E-state index contributed by atoms with van der Waals surface area (Å²) in [5.41, 5.74) is -0.173. The van der Waals surface area contributed by atoms with Crippen molar-refractivity contribution in [2.45, 2.75) is 12.2 Å². The first-order valence-corrected chi connectivity index (χ1v) is 5.36. The maximum Gasteiger partial charge on any atom is 0.412 e. The maximum atomic E-state index is 12.9. The molecule has 0 unspecified atom stereocenters. The molecule has 0 aromatic carbocycles. The van der Waals surface area contributed by atoms with Crippen LogP contribution in [0.5, 0.6) is 0 Å². The molecule has 2 heterocycles. The number of hydrogen-bond acceptors (Lipinski definition) is 4. The summed E-state index contributed by atoms with van der Waals surface area (Å²) in [5.74, 6) is -0.0605. The molecule has 0 radical (unpaired) electrons. The van der Waals surface area contributed by atoms with E-state index in [1.807, 2.05) is 5.32 Å². The van der Waals surface area contributed by atoms with Crippen LogP contribution in [0.4, 0.5) is 23.9 Å². The number of carbonyl (C=O) groups excluding carboxylic acids is 1. The van der Waals surface area contributed by atoms with Crippen LogP contribution in [0, 0.1) is 0 Å². The van der Waals surface area contributed by atoms with E-state index in [-0.39, 0.29) is 11.5 Å². The Labute approximate surface area is 110 Å². The Hall–Kier alpha value is -2.65. The quantitative estimate of drug-likeness (QED) is 0.799. The van der Waals surface area contributed by atoms with Gasteiger partial charge in [-0.05, 0) is 6.07 Å². The van der Waals surface area contributed by atoms with Crippen LogP contribution < -0.4 is 10.6 Å². The third kappa shape index (κ3) is 3.43. The lowest BCUT2D eigenvalue weighted by Crippen LogP contribution is -2.40. The lowest BCUT2D eigenvalue weighted by Gasteiger charge is -2.21. The fourth-order valence-electron chi connectivity index (χ4n) is 1.44. The van der Waals surface area contributed by atoms with E-state index >= 15 is 0 Å². The molecule has 20 heavy (non-hydrogen) atoms. The summed E-state index contributed by atoms with van der Waals surface area (Å²) < 4.78 is 38.8. The highest BCUT2D eigenvalue weighted by molar-refractivity contribution is 5.87. The van der Waals surface area contributed by atoms with Gasteiger partial charge in [-0.2, -0.15) is 23.3 Å². The highest BCUT2D eigenvalue weighted by Crippen LogP contribution is 2.32. The Kier molecular flexibility index (Phi) is 3.82. The second-order valence-corrected chi connectivity index (χ2v) is 3.69. The number of aromatic nitrogens is 4. The first-order chi connectivity index (χ1) is 9.47. The number of hydrogen-bond donors (Lipinski definition) is 3. The molecule has 1 atom stereocenters. The minimum absolute atomic E-state index is 0.0605. The highest BCUT2D eigenvalue weighted by atomic mass is 19.4. The zero-order valence-corrected chi connectivity index (χ0v) is 9.85. The zero-order chi connectivity index (χ0) is 14.6. The second-order valence-electron chi connectivity index (χ2n) is 3.69. The molecule has 0 saturated heterocycles. The van der Waals surface area contributed by atoms with E-state index in [4.69, 9.17) is 0 Å². The number of aromatic amines is 1. The molecule has 0 aliphatic rings. The number of halogens is 3. The molecule has 10 heteroatoms. The number of H-pyrrole nitrogens is 1. The molecule has 7 nitrogen and oxygen atoms in total. The molecular weight excluding hydrogens is 277 g/mol. The van der Waals surface area contributed by atoms with E-state index in [1.54, 1.807) is 0 Å². The largest absolute Gasteiger partial charge is 0.412 e. The smallest absolute Gasteiger partial charge is 0.322 e. The molecule has 0 aliphatic heterocycles. The number of amides is 2. The molecule has 106 valence electrons. The van der Waals surface area contributed by atoms with Crippen molar-refractivity contribution in [1.29, 1.82) is 0 Å². The summed E-state index contributed by atoms with van der Waals surface area (Å²) in [6.07, 6.45) is -1.17. The minimum Gasteiger partial charge on any atom is -0.322 e. The molecule has 2 aromatic rings. The molecular formula is C10H9F3N6O. The van der Waals surface area contributed by atoms with Crippen LogP contribution >= 0.6 is 0 Å². The van der Waals surface area contributed by atoms with Crippen molar-refractivity contribution >= 4 is 12.0 Å². The van der Waals surface area contributed by atoms with Crippen LogP contribution in [0.15, 0.2) is 30.9 Å². The molecule has 0 saturated carbocycles. The van der Waals surface area contributed by atoms with Crippen molar-refractivity contribution in [2.75, 3.05) is 5.32 Å². The van der Waals surface area contributed by atoms with Gasteiger partial charge in [0.05, 0.1) is 0 Å². The number of rotatable bonds is 3. The Balaban J connectivity index is 2.11. The molecule has 0 spiro atoms. The number of carbonyl (C=O) groups is 1. The minimum atomic E-state index is -4.65. The number of pyridine rings is 1. The molecule has 2 rings (SSSR count). The predicted octanol–water partition coefficient (Wildman–Crippen LogP) is 1.62. The average Bonchev–Trinajstić information content (AvgIpc) is 2.88. The Bertz CT molecular complexity index is 556. The summed E-state index contributed by atoms with van der Waals surface area (Å²) in [6, 6.07) is -0.656. The van der Waals surface area contributed by atoms with E-state index in [9.17, 15) is 18.0 Å². The summed E-state index contributed by atoms with van der Waals surface area (Å²) in [5, 5.41) is 9.65. The van der Waals surface area contributed by atoms with Crippen molar-refractivity contribution in [3.05, 3.63) is 36.4 Å². The molecule has 2 amide bonds. The van der Waals surface area contributed by atoms with E-state index in [0.29, 0.717) is 0 Å². The number of urea groups is 1. The Morgan fingerprint density at radius 2 is 2.20 bits per heavy atom. The van der Waals surface area contributed by atoms with Crippen LogP contribution in [0.25, 0.3) is 0 Å². The highest BCUT2D eigenvalue weighted by Gasteiger charge is 2.42. The monoisotopic (exact) mass is 286 g/mol. The maximum absolute atomic E-state index is 12.9. The lowest BCUT2D eigenvalue weighted by molar-refractivity contribution is -0.154. The van der Waals surface area contributed by atoms with E-state index < -0.39 is 18.2 Å². The van der Waals surface area contributed by atoms with E-state index in [0.717, 1.165) is 12.5 Å². The van der Waals surface area contributed by atoms with Gasteiger partial charge in [0, 0.05) is 18.0 Å². The predicted molar refractivity (Wildman–Crippen MR) is 61.6 cm³/mol. The molecule has 0 fully saturated rings. The van der Waals surface area contributed by atoms with Crippen LogP contribution in [-0.4, -0.2) is 32.4 Å². The number of nitrogens with zero attached hydrogens (tertiary/aromatic N) is 3. The van der Waals surface area contributed by atoms with Crippen molar-refractivity contribution in [3.8, 4) is 0 Å². The molecule has 0 bridgehead atoms. The summed E-state index contributed by atoms with van der Waals surface area (Å²) >= 11 is 0. The number of nitrogens with one attached hydrogen (secondary N) is 3. The SMILES string of the molecule is O=C(Nc1ncn[nH]1)N[C@@H](c1cccnc1)C(F)(F)F. The van der Waals surface area contributed by atoms with Crippen molar-refractivity contribution in [1.82, 2.24) is 25.5 Å². The van der Waals surface area contributed by atoms with Crippen LogP contribution in [-0.2, 0) is 0 Å². The molecule has 2 aromatic heterocycles. The summed E-state index contributed by atoms with van der Waals surface area (Å²) in [7, 11) is 0. The van der Waals surface area contributed by atoms with Crippen molar-refractivity contribution < 1.29 is 18.0 Å².